The lowest BCUT2D eigenvalue weighted by Crippen LogP contribution is -2.02. The molecule has 2 aromatic rings. The lowest BCUT2D eigenvalue weighted by atomic mass is 10.1. The number of aryl methyl sites for hydroxylation is 2. The Labute approximate surface area is 116 Å². The average molecular weight is 268 g/mol. The molecule has 0 spiro atoms. The van der Waals surface area contributed by atoms with Crippen LogP contribution >= 0.6 is 0 Å². The number of pyridine rings is 1. The molecule has 0 amide bonds. The highest BCUT2D eigenvalue weighted by molar-refractivity contribution is 5.88. The number of hydrogen-bond acceptors (Lipinski definition) is 4. The zero-order chi connectivity index (χ0) is 14.7. The number of nitrogens with zero attached hydrogens (tertiary/aromatic N) is 2. The molecule has 0 saturated heterocycles. The third kappa shape index (κ3) is 2.75. The number of benzene rings is 1. The molecule has 5 nitrogen and oxygen atoms in total. The van der Waals surface area contributed by atoms with Gasteiger partial charge in [0.2, 0.25) is 5.88 Å². The van der Waals surface area contributed by atoms with Crippen molar-refractivity contribution < 1.29 is 14.6 Å². The van der Waals surface area contributed by atoms with Gasteiger partial charge in [-0.15, -0.1) is 0 Å². The fourth-order valence-corrected chi connectivity index (χ4v) is 1.71. The van der Waals surface area contributed by atoms with Crippen molar-refractivity contribution in [3.8, 4) is 17.7 Å². The van der Waals surface area contributed by atoms with E-state index in [9.17, 15) is 4.79 Å². The lowest BCUT2D eigenvalue weighted by molar-refractivity contribution is 0.0695. The summed E-state index contributed by atoms with van der Waals surface area (Å²) in [5, 5.41) is 17.8. The zero-order valence-electron chi connectivity index (χ0n) is 11.0. The maximum absolute atomic E-state index is 10.9. The zero-order valence-corrected chi connectivity index (χ0v) is 11.0. The van der Waals surface area contributed by atoms with Crippen molar-refractivity contribution >= 4 is 5.97 Å². The van der Waals surface area contributed by atoms with Gasteiger partial charge in [-0.05, 0) is 37.6 Å². The number of aromatic carboxylic acids is 1. The summed E-state index contributed by atoms with van der Waals surface area (Å²) in [7, 11) is 0. The minimum absolute atomic E-state index is 0.139. The molecule has 0 aliphatic rings. The molecule has 0 bridgehead atoms. The minimum atomic E-state index is -1.02. The van der Waals surface area contributed by atoms with Crippen molar-refractivity contribution in [2.75, 3.05) is 0 Å². The van der Waals surface area contributed by atoms with Crippen molar-refractivity contribution in [1.82, 2.24) is 4.98 Å². The van der Waals surface area contributed by atoms with Crippen LogP contribution in [0.1, 0.15) is 27.2 Å². The first kappa shape index (κ1) is 13.6. The summed E-state index contributed by atoms with van der Waals surface area (Å²) < 4.78 is 5.61. The third-order valence-electron chi connectivity index (χ3n) is 2.82. The molecule has 2 rings (SSSR count). The van der Waals surface area contributed by atoms with Gasteiger partial charge in [-0.3, -0.25) is 0 Å². The van der Waals surface area contributed by atoms with Crippen molar-refractivity contribution in [2.45, 2.75) is 13.8 Å². The quantitative estimate of drug-likeness (QED) is 0.924. The highest BCUT2D eigenvalue weighted by atomic mass is 16.5. The van der Waals surface area contributed by atoms with E-state index < -0.39 is 5.97 Å². The highest BCUT2D eigenvalue weighted by Crippen LogP contribution is 2.25. The molecule has 0 saturated carbocycles. The van der Waals surface area contributed by atoms with E-state index in [1.807, 2.05) is 13.0 Å². The van der Waals surface area contributed by atoms with Crippen LogP contribution in [0.2, 0.25) is 0 Å². The van der Waals surface area contributed by atoms with Gasteiger partial charge >= 0.3 is 5.97 Å². The number of hydrogen-bond donors (Lipinski definition) is 1. The molecular formula is C15H12N2O3. The van der Waals surface area contributed by atoms with Crippen LogP contribution < -0.4 is 4.74 Å². The van der Waals surface area contributed by atoms with Crippen molar-refractivity contribution in [1.29, 1.82) is 5.26 Å². The lowest BCUT2D eigenvalue weighted by Gasteiger charge is -2.09. The predicted molar refractivity (Wildman–Crippen MR) is 71.9 cm³/mol. The van der Waals surface area contributed by atoms with Gasteiger partial charge in [0.1, 0.15) is 5.75 Å². The van der Waals surface area contributed by atoms with Crippen LogP contribution in [0.4, 0.5) is 0 Å². The Morgan fingerprint density at radius 2 is 2.05 bits per heavy atom. The number of carboxylic acid groups (broad SMARTS) is 1. The molecule has 0 radical (unpaired) electrons. The van der Waals surface area contributed by atoms with Gasteiger partial charge in [-0.2, -0.15) is 5.26 Å². The topological polar surface area (TPSA) is 83.2 Å². The maximum Gasteiger partial charge on any atom is 0.337 e. The summed E-state index contributed by atoms with van der Waals surface area (Å²) in [6.45, 7) is 3.46. The van der Waals surface area contributed by atoms with Crippen LogP contribution in [0.5, 0.6) is 11.6 Å². The Hall–Kier alpha value is -2.87. The fraction of sp³-hybridized carbons (Fsp3) is 0.133. The second kappa shape index (κ2) is 5.41. The third-order valence-corrected chi connectivity index (χ3v) is 2.82. The summed E-state index contributed by atoms with van der Waals surface area (Å²) >= 11 is 0. The molecular weight excluding hydrogens is 256 g/mol. The molecule has 0 aliphatic heterocycles. The van der Waals surface area contributed by atoms with Gasteiger partial charge in [0.05, 0.1) is 22.9 Å². The first-order valence-electron chi connectivity index (χ1n) is 5.91. The van der Waals surface area contributed by atoms with Crippen molar-refractivity contribution in [3.63, 3.8) is 0 Å². The Kier molecular flexibility index (Phi) is 3.67. The molecule has 1 N–H and O–H groups in total. The first-order valence-corrected chi connectivity index (χ1v) is 5.91. The largest absolute Gasteiger partial charge is 0.478 e. The minimum Gasteiger partial charge on any atom is -0.478 e. The fourth-order valence-electron chi connectivity index (χ4n) is 1.71. The number of carbonyl (C=O) groups is 1. The van der Waals surface area contributed by atoms with Crippen LogP contribution in [0.3, 0.4) is 0 Å². The Morgan fingerprint density at radius 3 is 2.65 bits per heavy atom. The Morgan fingerprint density at radius 1 is 1.30 bits per heavy atom. The second-order valence-corrected chi connectivity index (χ2v) is 4.28. The van der Waals surface area contributed by atoms with Gasteiger partial charge in [-0.1, -0.05) is 6.07 Å². The van der Waals surface area contributed by atoms with Crippen LogP contribution in [-0.2, 0) is 0 Å². The van der Waals surface area contributed by atoms with Crippen LogP contribution in [0.15, 0.2) is 30.3 Å². The van der Waals surface area contributed by atoms with E-state index in [4.69, 9.17) is 15.1 Å². The molecule has 0 atom stereocenters. The molecule has 1 heterocycles. The van der Waals surface area contributed by atoms with E-state index in [2.05, 4.69) is 4.98 Å². The molecule has 0 unspecified atom stereocenters. The summed E-state index contributed by atoms with van der Waals surface area (Å²) in [5.74, 6) is -0.200. The molecule has 0 fully saturated rings. The smallest absolute Gasteiger partial charge is 0.337 e. The summed E-state index contributed by atoms with van der Waals surface area (Å²) in [4.78, 5) is 15.0. The molecule has 1 aromatic heterocycles. The monoisotopic (exact) mass is 268 g/mol. The van der Waals surface area contributed by atoms with E-state index in [0.717, 1.165) is 5.56 Å². The van der Waals surface area contributed by atoms with E-state index in [-0.39, 0.29) is 5.56 Å². The second-order valence-electron chi connectivity index (χ2n) is 4.28. The van der Waals surface area contributed by atoms with Gasteiger partial charge in [0.15, 0.2) is 0 Å². The van der Waals surface area contributed by atoms with Crippen LogP contribution in [0, 0.1) is 25.2 Å². The van der Waals surface area contributed by atoms with E-state index in [0.29, 0.717) is 22.9 Å². The van der Waals surface area contributed by atoms with Crippen LogP contribution in [0.25, 0.3) is 0 Å². The number of rotatable bonds is 3. The Bertz CT molecular complexity index is 718. The number of nitriles is 1. The predicted octanol–water partition coefficient (Wildman–Crippen LogP) is 3.06. The average Bonchev–Trinajstić information content (AvgIpc) is 2.41. The molecule has 0 aliphatic carbocycles. The summed E-state index contributed by atoms with van der Waals surface area (Å²) in [6.07, 6.45) is 0. The maximum atomic E-state index is 10.9. The standard InChI is InChI=1S/C15H12N2O3/c1-9-3-4-11(8-16)7-13(9)20-14-6-5-12(15(18)19)10(2)17-14/h3-7H,1-2H3,(H,18,19). The summed E-state index contributed by atoms with van der Waals surface area (Å²) in [5.41, 5.74) is 1.87. The molecule has 1 aromatic carbocycles. The Balaban J connectivity index is 2.33. The number of carboxylic acids is 1. The van der Waals surface area contributed by atoms with E-state index >= 15 is 0 Å². The van der Waals surface area contributed by atoms with Gasteiger partial charge < -0.3 is 9.84 Å². The van der Waals surface area contributed by atoms with E-state index in [1.54, 1.807) is 25.1 Å². The molecule has 20 heavy (non-hydrogen) atoms. The van der Waals surface area contributed by atoms with Gasteiger partial charge in [0.25, 0.3) is 0 Å². The normalized spacial score (nSPS) is 9.85. The van der Waals surface area contributed by atoms with E-state index in [1.165, 1.54) is 12.1 Å². The van der Waals surface area contributed by atoms with Gasteiger partial charge in [-0.25, -0.2) is 9.78 Å². The highest BCUT2D eigenvalue weighted by Gasteiger charge is 2.10. The first-order chi connectivity index (χ1) is 9.51. The SMILES string of the molecule is Cc1ccc(C#N)cc1Oc1ccc(C(=O)O)c(C)n1. The molecule has 5 heteroatoms. The number of ether oxygens (including phenoxy) is 1. The van der Waals surface area contributed by atoms with Crippen molar-refractivity contribution in [2.24, 2.45) is 0 Å². The van der Waals surface area contributed by atoms with Crippen LogP contribution in [-0.4, -0.2) is 16.1 Å². The van der Waals surface area contributed by atoms with Gasteiger partial charge in [0, 0.05) is 6.07 Å². The number of aromatic nitrogens is 1. The molecule has 100 valence electrons. The van der Waals surface area contributed by atoms with Crippen molar-refractivity contribution in [3.05, 3.63) is 52.7 Å². The summed E-state index contributed by atoms with van der Waals surface area (Å²) in [6, 6.07) is 10.1.